The number of rotatable bonds is 5. The molecule has 1 aliphatic carbocycles. The van der Waals surface area contributed by atoms with Gasteiger partial charge in [-0.25, -0.2) is 0 Å². The summed E-state index contributed by atoms with van der Waals surface area (Å²) < 4.78 is 10.9. The molecule has 3 nitrogen and oxygen atoms in total. The molecule has 1 aliphatic heterocycles. The highest BCUT2D eigenvalue weighted by Crippen LogP contribution is 2.28. The first-order valence-corrected chi connectivity index (χ1v) is 6.20. The van der Waals surface area contributed by atoms with Crippen molar-refractivity contribution in [1.82, 2.24) is 0 Å². The number of hydrogen-bond acceptors (Lipinski definition) is 3. The molecule has 3 atom stereocenters. The molecule has 3 heteroatoms. The van der Waals surface area contributed by atoms with Crippen LogP contribution in [0, 0.1) is 11.8 Å². The molecule has 0 bridgehead atoms. The molecular weight excluding hydrogens is 192 g/mol. The molecule has 88 valence electrons. The minimum atomic E-state index is -0.0663. The molecule has 0 aromatic carbocycles. The Bertz CT molecular complexity index is 178. The van der Waals surface area contributed by atoms with Crippen molar-refractivity contribution in [3.63, 3.8) is 0 Å². The highest BCUT2D eigenvalue weighted by molar-refractivity contribution is 4.76. The first-order chi connectivity index (χ1) is 7.36. The lowest BCUT2D eigenvalue weighted by molar-refractivity contribution is 0.0607. The van der Waals surface area contributed by atoms with Crippen LogP contribution >= 0.6 is 0 Å². The Morgan fingerprint density at radius 1 is 1.27 bits per heavy atom. The third-order valence-electron chi connectivity index (χ3n) is 3.63. The third kappa shape index (κ3) is 3.44. The van der Waals surface area contributed by atoms with Gasteiger partial charge in [0.25, 0.3) is 0 Å². The van der Waals surface area contributed by atoms with Crippen LogP contribution in [-0.4, -0.2) is 37.6 Å². The number of ether oxygens (including phenoxy) is 2. The fourth-order valence-electron chi connectivity index (χ4n) is 2.55. The standard InChI is InChI=1S/C12H22O3/c13-12-3-1-2-11(12)5-7-15-9-10-4-6-14-8-10/h10-13H,1-9H2. The van der Waals surface area contributed by atoms with E-state index in [1.165, 1.54) is 12.8 Å². The molecule has 0 aromatic rings. The maximum atomic E-state index is 9.62. The first-order valence-electron chi connectivity index (χ1n) is 6.20. The van der Waals surface area contributed by atoms with Gasteiger partial charge < -0.3 is 14.6 Å². The van der Waals surface area contributed by atoms with Gasteiger partial charge in [0, 0.05) is 19.1 Å². The summed E-state index contributed by atoms with van der Waals surface area (Å²) in [4.78, 5) is 0. The van der Waals surface area contributed by atoms with Gasteiger partial charge in [0.15, 0.2) is 0 Å². The van der Waals surface area contributed by atoms with Crippen molar-refractivity contribution >= 4 is 0 Å². The quantitative estimate of drug-likeness (QED) is 0.706. The van der Waals surface area contributed by atoms with Crippen LogP contribution in [0.4, 0.5) is 0 Å². The molecule has 0 spiro atoms. The summed E-state index contributed by atoms with van der Waals surface area (Å²) in [6.07, 6.45) is 5.45. The monoisotopic (exact) mass is 214 g/mol. The molecule has 1 N–H and O–H groups in total. The van der Waals surface area contributed by atoms with E-state index >= 15 is 0 Å². The van der Waals surface area contributed by atoms with Crippen LogP contribution in [0.3, 0.4) is 0 Å². The molecule has 2 rings (SSSR count). The van der Waals surface area contributed by atoms with Crippen LogP contribution in [0.15, 0.2) is 0 Å². The molecule has 1 heterocycles. The van der Waals surface area contributed by atoms with Gasteiger partial charge in [-0.15, -0.1) is 0 Å². The van der Waals surface area contributed by atoms with Gasteiger partial charge >= 0.3 is 0 Å². The predicted octanol–water partition coefficient (Wildman–Crippen LogP) is 1.59. The summed E-state index contributed by atoms with van der Waals surface area (Å²) in [5.74, 6) is 1.10. The van der Waals surface area contributed by atoms with Gasteiger partial charge in [0.1, 0.15) is 0 Å². The van der Waals surface area contributed by atoms with Gasteiger partial charge in [-0.1, -0.05) is 6.42 Å². The van der Waals surface area contributed by atoms with Gasteiger partial charge in [-0.2, -0.15) is 0 Å². The summed E-state index contributed by atoms with van der Waals surface area (Å²) in [7, 11) is 0. The van der Waals surface area contributed by atoms with Gasteiger partial charge in [0.05, 0.1) is 19.3 Å². The van der Waals surface area contributed by atoms with Gasteiger partial charge in [-0.05, 0) is 31.6 Å². The van der Waals surface area contributed by atoms with Crippen LogP contribution in [-0.2, 0) is 9.47 Å². The Kier molecular flexibility index (Phi) is 4.42. The lowest BCUT2D eigenvalue weighted by Crippen LogP contribution is -2.17. The normalized spacial score (nSPS) is 36.2. The van der Waals surface area contributed by atoms with E-state index in [2.05, 4.69) is 0 Å². The van der Waals surface area contributed by atoms with E-state index < -0.39 is 0 Å². The van der Waals surface area contributed by atoms with Crippen LogP contribution < -0.4 is 0 Å². The topological polar surface area (TPSA) is 38.7 Å². The first kappa shape index (κ1) is 11.4. The van der Waals surface area contributed by atoms with Crippen molar-refractivity contribution in [2.45, 2.75) is 38.2 Å². The maximum Gasteiger partial charge on any atom is 0.0569 e. The van der Waals surface area contributed by atoms with Crippen molar-refractivity contribution in [1.29, 1.82) is 0 Å². The van der Waals surface area contributed by atoms with E-state index in [0.29, 0.717) is 11.8 Å². The highest BCUT2D eigenvalue weighted by atomic mass is 16.5. The van der Waals surface area contributed by atoms with E-state index in [9.17, 15) is 5.11 Å². The van der Waals surface area contributed by atoms with E-state index in [1.54, 1.807) is 0 Å². The number of aliphatic hydroxyl groups excluding tert-OH is 1. The summed E-state index contributed by atoms with van der Waals surface area (Å²) in [6, 6.07) is 0. The molecule has 0 amide bonds. The number of aliphatic hydroxyl groups is 1. The van der Waals surface area contributed by atoms with Crippen molar-refractivity contribution in [3.8, 4) is 0 Å². The second kappa shape index (κ2) is 5.83. The van der Waals surface area contributed by atoms with Crippen LogP contribution in [0.5, 0.6) is 0 Å². The van der Waals surface area contributed by atoms with Crippen molar-refractivity contribution in [3.05, 3.63) is 0 Å². The molecule has 2 fully saturated rings. The SMILES string of the molecule is OC1CCCC1CCOCC1CCOC1. The molecule has 0 aromatic heterocycles. The zero-order chi connectivity index (χ0) is 10.5. The van der Waals surface area contributed by atoms with E-state index in [0.717, 1.165) is 45.7 Å². The average Bonchev–Trinajstić information content (AvgIpc) is 2.85. The largest absolute Gasteiger partial charge is 0.393 e. The zero-order valence-corrected chi connectivity index (χ0v) is 9.36. The molecule has 1 saturated carbocycles. The summed E-state index contributed by atoms with van der Waals surface area (Å²) >= 11 is 0. The van der Waals surface area contributed by atoms with Crippen molar-refractivity contribution < 1.29 is 14.6 Å². The minimum Gasteiger partial charge on any atom is -0.393 e. The van der Waals surface area contributed by atoms with E-state index in [4.69, 9.17) is 9.47 Å². The van der Waals surface area contributed by atoms with Crippen LogP contribution in [0.25, 0.3) is 0 Å². The molecular formula is C12H22O3. The second-order valence-corrected chi connectivity index (χ2v) is 4.85. The van der Waals surface area contributed by atoms with Gasteiger partial charge in [0.2, 0.25) is 0 Å². The Morgan fingerprint density at radius 3 is 2.87 bits per heavy atom. The van der Waals surface area contributed by atoms with Gasteiger partial charge in [-0.3, -0.25) is 0 Å². The Labute approximate surface area is 91.8 Å². The summed E-state index contributed by atoms with van der Waals surface area (Å²) in [5, 5.41) is 9.62. The molecule has 3 unspecified atom stereocenters. The average molecular weight is 214 g/mol. The lowest BCUT2D eigenvalue weighted by Gasteiger charge is -2.15. The van der Waals surface area contributed by atoms with E-state index in [-0.39, 0.29) is 6.10 Å². The Balaban J connectivity index is 1.51. The fraction of sp³-hybridized carbons (Fsp3) is 1.00. The summed E-state index contributed by atoms with van der Waals surface area (Å²) in [5.41, 5.74) is 0. The molecule has 15 heavy (non-hydrogen) atoms. The predicted molar refractivity (Wildman–Crippen MR) is 57.7 cm³/mol. The zero-order valence-electron chi connectivity index (χ0n) is 9.36. The van der Waals surface area contributed by atoms with E-state index in [1.807, 2.05) is 0 Å². The smallest absolute Gasteiger partial charge is 0.0569 e. The maximum absolute atomic E-state index is 9.62. The minimum absolute atomic E-state index is 0.0663. The molecule has 1 saturated heterocycles. The lowest BCUT2D eigenvalue weighted by atomic mass is 10.0. The van der Waals surface area contributed by atoms with Crippen LogP contribution in [0.2, 0.25) is 0 Å². The fourth-order valence-corrected chi connectivity index (χ4v) is 2.55. The second-order valence-electron chi connectivity index (χ2n) is 4.85. The highest BCUT2D eigenvalue weighted by Gasteiger charge is 2.24. The van der Waals surface area contributed by atoms with Crippen molar-refractivity contribution in [2.24, 2.45) is 11.8 Å². The van der Waals surface area contributed by atoms with Crippen LogP contribution in [0.1, 0.15) is 32.1 Å². The molecule has 0 radical (unpaired) electrons. The Morgan fingerprint density at radius 2 is 2.20 bits per heavy atom. The number of hydrogen-bond donors (Lipinski definition) is 1. The summed E-state index contributed by atoms with van der Waals surface area (Å²) in [6.45, 7) is 3.41. The Hall–Kier alpha value is -0.120. The third-order valence-corrected chi connectivity index (χ3v) is 3.63. The van der Waals surface area contributed by atoms with Crippen molar-refractivity contribution in [2.75, 3.05) is 26.4 Å². The molecule has 2 aliphatic rings.